The van der Waals surface area contributed by atoms with Gasteiger partial charge in [0.05, 0.1) is 26.4 Å². The number of aliphatic hydroxyl groups is 1. The number of hydrogen-bond acceptors (Lipinski definition) is 15. The maximum Gasteiger partial charge on any atom is 0.472 e. The lowest BCUT2D eigenvalue weighted by atomic mass is 10.0. The van der Waals surface area contributed by atoms with Crippen LogP contribution in [0.5, 0.6) is 0 Å². The van der Waals surface area contributed by atoms with Crippen molar-refractivity contribution >= 4 is 39.5 Å². The monoisotopic (exact) mass is 1500 g/mol. The molecule has 104 heavy (non-hydrogen) atoms. The SMILES string of the molecule is CC/C=C\C/C=C\C/C=C\C/C=C\C/C=C\CCCCCC(=O)OCC(COP(=O)(O)OCC(O)COP(=O)(O)OCC(COC(=O)CCCCCCCCCCCCCCCCC)OC(=O)CCCCCCC/C=C\CCCC)OC(=O)CCCCCCCC/C=C\C/C=C\C/C=C\CCCCC. The normalized spacial score (nSPS) is 14.4. The van der Waals surface area contributed by atoms with Crippen LogP contribution >= 0.6 is 15.6 Å². The van der Waals surface area contributed by atoms with Gasteiger partial charge in [-0.1, -0.05) is 304 Å². The maximum absolute atomic E-state index is 13.1. The first-order valence-electron chi connectivity index (χ1n) is 41.1. The lowest BCUT2D eigenvalue weighted by molar-refractivity contribution is -0.161. The molecule has 0 aliphatic rings. The van der Waals surface area contributed by atoms with Gasteiger partial charge in [0.1, 0.15) is 19.3 Å². The Kier molecular flexibility index (Phi) is 73.7. The lowest BCUT2D eigenvalue weighted by Crippen LogP contribution is -2.30. The summed E-state index contributed by atoms with van der Waals surface area (Å²) in [7, 11) is -9.97. The summed E-state index contributed by atoms with van der Waals surface area (Å²) in [6.45, 7) is 4.68. The molecule has 0 aliphatic heterocycles. The first-order valence-corrected chi connectivity index (χ1v) is 44.1. The Hall–Kier alpha value is -4.28. The van der Waals surface area contributed by atoms with Crippen molar-refractivity contribution in [1.82, 2.24) is 0 Å². The van der Waals surface area contributed by atoms with Gasteiger partial charge in [0.2, 0.25) is 0 Å². The molecule has 0 bridgehead atoms. The molecule has 0 saturated heterocycles. The zero-order chi connectivity index (χ0) is 76.0. The first-order chi connectivity index (χ1) is 50.7. The number of carbonyl (C=O) groups excluding carboxylic acids is 4. The molecule has 5 atom stereocenters. The van der Waals surface area contributed by atoms with Gasteiger partial charge >= 0.3 is 39.5 Å². The number of aliphatic hydroxyl groups excluding tert-OH is 1. The van der Waals surface area contributed by atoms with Crippen LogP contribution in [-0.4, -0.2) is 96.7 Å². The van der Waals surface area contributed by atoms with Crippen LogP contribution in [0.3, 0.4) is 0 Å². The number of rotatable bonds is 77. The van der Waals surface area contributed by atoms with E-state index in [1.165, 1.54) is 103 Å². The van der Waals surface area contributed by atoms with Gasteiger partial charge in [-0.3, -0.25) is 37.3 Å². The maximum atomic E-state index is 13.1. The van der Waals surface area contributed by atoms with Gasteiger partial charge in [0.15, 0.2) is 12.2 Å². The summed E-state index contributed by atoms with van der Waals surface area (Å²) in [6.07, 6.45) is 83.5. The van der Waals surface area contributed by atoms with E-state index < -0.39 is 97.5 Å². The Morgan fingerprint density at radius 2 is 0.510 bits per heavy atom. The summed E-state index contributed by atoms with van der Waals surface area (Å²) in [5.74, 6) is -2.22. The Balaban J connectivity index is 5.37. The number of hydrogen-bond donors (Lipinski definition) is 3. The average Bonchev–Trinajstić information content (AvgIpc) is 0.928. The lowest BCUT2D eigenvalue weighted by Gasteiger charge is -2.21. The minimum Gasteiger partial charge on any atom is -0.462 e. The van der Waals surface area contributed by atoms with Crippen molar-refractivity contribution in [2.45, 2.75) is 367 Å². The molecule has 3 N–H and O–H groups in total. The fourth-order valence-corrected chi connectivity index (χ4v) is 12.5. The van der Waals surface area contributed by atoms with E-state index in [1.807, 2.05) is 0 Å². The highest BCUT2D eigenvalue weighted by Crippen LogP contribution is 2.45. The summed E-state index contributed by atoms with van der Waals surface area (Å²) in [6, 6.07) is 0. The molecule has 0 heterocycles. The molecule has 0 spiro atoms. The van der Waals surface area contributed by atoms with E-state index in [1.54, 1.807) is 0 Å². The smallest absolute Gasteiger partial charge is 0.462 e. The summed E-state index contributed by atoms with van der Waals surface area (Å²) >= 11 is 0. The first kappa shape index (κ1) is 99.7. The van der Waals surface area contributed by atoms with Gasteiger partial charge in [-0.15, -0.1) is 0 Å². The largest absolute Gasteiger partial charge is 0.472 e. The molecule has 19 heteroatoms. The second kappa shape index (κ2) is 76.9. The third-order valence-corrected chi connectivity index (χ3v) is 19.1. The molecule has 0 aromatic rings. The Morgan fingerprint density at radius 3 is 0.837 bits per heavy atom. The standard InChI is InChI=1S/C85H148O17P2/c1-5-9-13-17-21-25-29-32-35-37-39-41-44-47-51-54-58-62-66-70-83(88)96-76-81(102-85(90)72-68-64-60-56-52-48-45-42-40-38-36-33-30-26-22-18-14-10-6-2)78-100-104(93,94)98-74-79(86)73-97-103(91,92)99-77-80(101-84(89)71-67-63-59-55-49-28-24-20-16-12-8-4)75-95-82(87)69-65-61-57-53-50-46-43-34-31-27-23-19-15-11-7-3/h9,13,20-22,24-26,32-33,35-36,39-42,47,51,79-81,86H,5-8,10-12,14-19,23,27-31,34,37-38,43-46,48-50,52-78H2,1-4H3,(H,91,92)(H,93,94)/b13-9-,24-20-,25-21-,26-22-,35-32-,36-33-,41-39-,42-40-,51-47-. The van der Waals surface area contributed by atoms with Crippen LogP contribution in [0.15, 0.2) is 109 Å². The molecule has 0 aromatic carbocycles. The molecule has 0 aliphatic carbocycles. The van der Waals surface area contributed by atoms with E-state index in [0.29, 0.717) is 25.7 Å². The van der Waals surface area contributed by atoms with Gasteiger partial charge in [0.25, 0.3) is 0 Å². The van der Waals surface area contributed by atoms with Crippen molar-refractivity contribution in [2.75, 3.05) is 39.6 Å². The van der Waals surface area contributed by atoms with Crippen molar-refractivity contribution in [1.29, 1.82) is 0 Å². The van der Waals surface area contributed by atoms with E-state index in [9.17, 15) is 43.2 Å². The number of allylic oxidation sites excluding steroid dienone is 18. The number of phosphoric ester groups is 2. The number of esters is 4. The molecule has 17 nitrogen and oxygen atoms in total. The zero-order valence-corrected chi connectivity index (χ0v) is 67.5. The summed E-state index contributed by atoms with van der Waals surface area (Å²) in [5, 5.41) is 10.6. The number of ether oxygens (including phenoxy) is 4. The molecule has 0 fully saturated rings. The predicted molar refractivity (Wildman–Crippen MR) is 427 cm³/mol. The van der Waals surface area contributed by atoms with Gasteiger partial charge in [-0.2, -0.15) is 0 Å². The van der Waals surface area contributed by atoms with Crippen LogP contribution in [0.1, 0.15) is 349 Å². The molecule has 0 saturated carbocycles. The summed E-state index contributed by atoms with van der Waals surface area (Å²) < 4.78 is 68.6. The third-order valence-electron chi connectivity index (χ3n) is 17.2. The van der Waals surface area contributed by atoms with Gasteiger partial charge in [0, 0.05) is 25.7 Å². The average molecular weight is 1500 g/mol. The summed E-state index contributed by atoms with van der Waals surface area (Å²) in [5.41, 5.74) is 0. The molecule has 0 radical (unpaired) electrons. The van der Waals surface area contributed by atoms with Crippen LogP contribution in [0.25, 0.3) is 0 Å². The quantitative estimate of drug-likeness (QED) is 0.0169. The van der Waals surface area contributed by atoms with Crippen molar-refractivity contribution in [3.63, 3.8) is 0 Å². The third kappa shape index (κ3) is 75.9. The summed E-state index contributed by atoms with van der Waals surface area (Å²) in [4.78, 5) is 73.0. The minimum absolute atomic E-state index is 0.0715. The number of phosphoric acid groups is 2. The Labute approximate surface area is 632 Å². The van der Waals surface area contributed by atoms with Crippen LogP contribution in [-0.2, 0) is 65.4 Å². The fraction of sp³-hybridized carbons (Fsp3) is 0.741. The van der Waals surface area contributed by atoms with Crippen molar-refractivity contribution in [3.05, 3.63) is 109 Å². The van der Waals surface area contributed by atoms with E-state index >= 15 is 0 Å². The topological polar surface area (TPSA) is 237 Å². The highest BCUT2D eigenvalue weighted by Gasteiger charge is 2.30. The van der Waals surface area contributed by atoms with Crippen LogP contribution < -0.4 is 0 Å². The highest BCUT2D eigenvalue weighted by molar-refractivity contribution is 7.47. The molecule has 5 unspecified atom stereocenters. The van der Waals surface area contributed by atoms with Crippen molar-refractivity contribution < 1.29 is 80.2 Å². The molecular weight excluding hydrogens is 1350 g/mol. The number of unbranched alkanes of at least 4 members (excludes halogenated alkanes) is 33. The Morgan fingerprint density at radius 1 is 0.279 bits per heavy atom. The molecule has 0 rings (SSSR count). The van der Waals surface area contributed by atoms with E-state index in [0.717, 1.165) is 167 Å². The fourth-order valence-electron chi connectivity index (χ4n) is 10.9. The zero-order valence-electron chi connectivity index (χ0n) is 65.7. The van der Waals surface area contributed by atoms with Gasteiger partial charge < -0.3 is 33.8 Å². The van der Waals surface area contributed by atoms with Gasteiger partial charge in [-0.05, 0) is 128 Å². The predicted octanol–water partition coefficient (Wildman–Crippen LogP) is 24.1. The molecular formula is C85H148O17P2. The van der Waals surface area contributed by atoms with Crippen LogP contribution in [0.4, 0.5) is 0 Å². The number of carbonyl (C=O) groups is 4. The second-order valence-electron chi connectivity index (χ2n) is 27.3. The van der Waals surface area contributed by atoms with Crippen LogP contribution in [0.2, 0.25) is 0 Å². The van der Waals surface area contributed by atoms with Crippen molar-refractivity contribution in [2.24, 2.45) is 0 Å². The van der Waals surface area contributed by atoms with E-state index in [2.05, 4.69) is 137 Å². The Bertz CT molecular complexity index is 2390. The second-order valence-corrected chi connectivity index (χ2v) is 30.2. The highest BCUT2D eigenvalue weighted by atomic mass is 31.2. The molecule has 0 amide bonds. The molecule has 0 aromatic heterocycles. The molecule has 600 valence electrons. The minimum atomic E-state index is -4.99. The van der Waals surface area contributed by atoms with Crippen LogP contribution in [0, 0.1) is 0 Å². The van der Waals surface area contributed by atoms with E-state index in [4.69, 9.17) is 37.0 Å². The van der Waals surface area contributed by atoms with Gasteiger partial charge in [-0.25, -0.2) is 9.13 Å². The van der Waals surface area contributed by atoms with E-state index in [-0.39, 0.29) is 25.7 Å². The van der Waals surface area contributed by atoms with Crippen molar-refractivity contribution in [3.8, 4) is 0 Å².